The van der Waals surface area contributed by atoms with Crippen LogP contribution in [0.25, 0.3) is 0 Å². The number of amides is 1. The number of nitrogens with one attached hydrogen (secondary N) is 1. The van der Waals surface area contributed by atoms with E-state index in [9.17, 15) is 4.79 Å². The van der Waals surface area contributed by atoms with E-state index in [4.69, 9.17) is 0 Å². The van der Waals surface area contributed by atoms with Crippen molar-refractivity contribution in [2.45, 2.75) is 42.7 Å². The molecule has 1 saturated heterocycles. The number of carbonyl (C=O) groups excluding carboxylic acids is 1. The summed E-state index contributed by atoms with van der Waals surface area (Å²) in [4.78, 5) is 13.9. The van der Waals surface area contributed by atoms with Crippen LogP contribution < -0.4 is 5.32 Å². The quantitative estimate of drug-likeness (QED) is 0.397. The van der Waals surface area contributed by atoms with Crippen LogP contribution in [-0.2, 0) is 4.79 Å². The summed E-state index contributed by atoms with van der Waals surface area (Å²) in [5, 5.41) is 3.35. The van der Waals surface area contributed by atoms with Crippen LogP contribution in [0, 0.1) is 0 Å². The van der Waals surface area contributed by atoms with Crippen LogP contribution in [0.3, 0.4) is 0 Å². The summed E-state index contributed by atoms with van der Waals surface area (Å²) in [5.41, 5.74) is 0. The van der Waals surface area contributed by atoms with Crippen LogP contribution >= 0.6 is 45.2 Å². The average molecular weight is 450 g/mol. The first kappa shape index (κ1) is 14.9. The second-order valence-electron chi connectivity index (χ2n) is 4.17. The molecule has 3 nitrogen and oxygen atoms in total. The summed E-state index contributed by atoms with van der Waals surface area (Å²) in [5.74, 6) is 0.236. The SMILES string of the molecule is CC(=O)N(C(I)CCCI)C1CCNCC1. The molecule has 0 aromatic rings. The first-order chi connectivity index (χ1) is 7.66. The standard InChI is InChI=1S/C11H20I2N2O/c1-9(16)15(11(13)3-2-6-12)10-4-7-14-8-5-10/h10-11,14H,2-8H2,1H3. The van der Waals surface area contributed by atoms with Gasteiger partial charge in [-0.05, 0) is 43.2 Å². The van der Waals surface area contributed by atoms with Gasteiger partial charge in [-0.3, -0.25) is 4.79 Å². The van der Waals surface area contributed by atoms with Gasteiger partial charge in [0, 0.05) is 13.0 Å². The Morgan fingerprint density at radius 1 is 1.50 bits per heavy atom. The minimum Gasteiger partial charge on any atom is -0.328 e. The molecule has 1 unspecified atom stereocenters. The summed E-state index contributed by atoms with van der Waals surface area (Å²) in [6.07, 6.45) is 4.52. The maximum absolute atomic E-state index is 11.7. The molecule has 0 saturated carbocycles. The molecule has 1 atom stereocenters. The van der Waals surface area contributed by atoms with E-state index >= 15 is 0 Å². The van der Waals surface area contributed by atoms with Crippen LogP contribution in [0.15, 0.2) is 0 Å². The van der Waals surface area contributed by atoms with E-state index in [1.807, 2.05) is 0 Å². The van der Waals surface area contributed by atoms with Crippen molar-refractivity contribution in [3.63, 3.8) is 0 Å². The van der Waals surface area contributed by atoms with E-state index in [1.165, 1.54) is 10.8 Å². The van der Waals surface area contributed by atoms with Gasteiger partial charge in [0.1, 0.15) is 0 Å². The number of hydrogen-bond donors (Lipinski definition) is 1. The molecular formula is C11H20I2N2O. The van der Waals surface area contributed by atoms with Gasteiger partial charge < -0.3 is 10.2 Å². The van der Waals surface area contributed by atoms with Crippen molar-refractivity contribution in [2.24, 2.45) is 0 Å². The van der Waals surface area contributed by atoms with Gasteiger partial charge in [0.2, 0.25) is 5.91 Å². The lowest BCUT2D eigenvalue weighted by Crippen LogP contribution is -2.48. The third-order valence-electron chi connectivity index (χ3n) is 2.94. The van der Waals surface area contributed by atoms with Gasteiger partial charge in [0.05, 0.1) is 4.05 Å². The van der Waals surface area contributed by atoms with Crippen LogP contribution in [0.5, 0.6) is 0 Å². The Morgan fingerprint density at radius 2 is 2.12 bits per heavy atom. The van der Waals surface area contributed by atoms with E-state index < -0.39 is 0 Å². The highest BCUT2D eigenvalue weighted by atomic mass is 127. The molecule has 94 valence electrons. The van der Waals surface area contributed by atoms with E-state index in [0.29, 0.717) is 10.1 Å². The fourth-order valence-electron chi connectivity index (χ4n) is 2.15. The van der Waals surface area contributed by atoms with Gasteiger partial charge in [-0.15, -0.1) is 0 Å². The number of alkyl halides is 2. The van der Waals surface area contributed by atoms with Crippen molar-refractivity contribution in [3.8, 4) is 0 Å². The number of piperidine rings is 1. The minimum absolute atomic E-state index is 0.236. The fraction of sp³-hybridized carbons (Fsp3) is 0.909. The number of nitrogens with zero attached hydrogens (tertiary/aromatic N) is 1. The summed E-state index contributed by atoms with van der Waals surface area (Å²) in [6.45, 7) is 3.80. The number of rotatable bonds is 5. The van der Waals surface area contributed by atoms with E-state index in [-0.39, 0.29) is 5.91 Å². The molecule has 1 rings (SSSR count). The molecule has 0 aromatic carbocycles. The van der Waals surface area contributed by atoms with Crippen molar-refractivity contribution >= 4 is 51.1 Å². The molecule has 16 heavy (non-hydrogen) atoms. The highest BCUT2D eigenvalue weighted by molar-refractivity contribution is 14.1. The predicted molar refractivity (Wildman–Crippen MR) is 84.3 cm³/mol. The lowest BCUT2D eigenvalue weighted by Gasteiger charge is -2.37. The van der Waals surface area contributed by atoms with Crippen LogP contribution in [0.1, 0.15) is 32.6 Å². The largest absolute Gasteiger partial charge is 0.328 e. The van der Waals surface area contributed by atoms with Crippen molar-refractivity contribution < 1.29 is 4.79 Å². The second kappa shape index (κ2) is 8.07. The van der Waals surface area contributed by atoms with Gasteiger partial charge in [-0.2, -0.15) is 0 Å². The molecule has 0 aliphatic carbocycles. The topological polar surface area (TPSA) is 32.3 Å². The molecule has 0 spiro atoms. The van der Waals surface area contributed by atoms with Gasteiger partial charge in [0.25, 0.3) is 0 Å². The number of hydrogen-bond acceptors (Lipinski definition) is 2. The van der Waals surface area contributed by atoms with Gasteiger partial charge in [0.15, 0.2) is 0 Å². The normalized spacial score (nSPS) is 19.4. The molecule has 1 N–H and O–H groups in total. The Labute approximate surface area is 125 Å². The third kappa shape index (κ3) is 4.64. The van der Waals surface area contributed by atoms with E-state index in [0.717, 1.165) is 32.4 Å². The summed E-state index contributed by atoms with van der Waals surface area (Å²) >= 11 is 4.83. The fourth-order valence-corrected chi connectivity index (χ4v) is 3.88. The zero-order valence-electron chi connectivity index (χ0n) is 9.72. The lowest BCUT2D eigenvalue weighted by atomic mass is 10.0. The highest BCUT2D eigenvalue weighted by Crippen LogP contribution is 2.22. The van der Waals surface area contributed by atoms with Crippen molar-refractivity contribution in [1.29, 1.82) is 0 Å². The van der Waals surface area contributed by atoms with E-state index in [1.54, 1.807) is 6.92 Å². The maximum atomic E-state index is 11.7. The second-order valence-corrected chi connectivity index (χ2v) is 6.69. The Kier molecular flexibility index (Phi) is 7.54. The number of carbonyl (C=O) groups is 1. The Balaban J connectivity index is 2.54. The molecule has 1 aliphatic heterocycles. The van der Waals surface area contributed by atoms with Crippen molar-refractivity contribution in [3.05, 3.63) is 0 Å². The van der Waals surface area contributed by atoms with E-state index in [2.05, 4.69) is 55.4 Å². The third-order valence-corrected chi connectivity index (χ3v) is 4.93. The van der Waals surface area contributed by atoms with Crippen molar-refractivity contribution in [2.75, 3.05) is 17.5 Å². The Morgan fingerprint density at radius 3 is 2.62 bits per heavy atom. The van der Waals surface area contributed by atoms with Crippen LogP contribution in [-0.4, -0.2) is 38.4 Å². The summed E-state index contributed by atoms with van der Waals surface area (Å²) in [7, 11) is 0. The zero-order valence-corrected chi connectivity index (χ0v) is 14.0. The predicted octanol–water partition coefficient (Wildman–Crippen LogP) is 2.56. The molecular weight excluding hydrogens is 430 g/mol. The Bertz CT molecular complexity index is 220. The highest BCUT2D eigenvalue weighted by Gasteiger charge is 2.27. The van der Waals surface area contributed by atoms with Crippen LogP contribution in [0.4, 0.5) is 0 Å². The minimum atomic E-state index is 0.236. The van der Waals surface area contributed by atoms with Crippen LogP contribution in [0.2, 0.25) is 0 Å². The summed E-state index contributed by atoms with van der Waals surface area (Å²) in [6, 6.07) is 0.454. The lowest BCUT2D eigenvalue weighted by molar-refractivity contribution is -0.132. The Hall–Kier alpha value is 0.890. The van der Waals surface area contributed by atoms with Gasteiger partial charge in [-0.25, -0.2) is 0 Å². The van der Waals surface area contributed by atoms with Crippen molar-refractivity contribution in [1.82, 2.24) is 10.2 Å². The van der Waals surface area contributed by atoms with Gasteiger partial charge in [-0.1, -0.05) is 45.2 Å². The molecule has 1 aliphatic rings. The van der Waals surface area contributed by atoms with Gasteiger partial charge >= 0.3 is 0 Å². The number of halogens is 2. The average Bonchev–Trinajstić information content (AvgIpc) is 2.27. The molecule has 1 heterocycles. The first-order valence-electron chi connectivity index (χ1n) is 5.86. The monoisotopic (exact) mass is 450 g/mol. The molecule has 0 radical (unpaired) electrons. The zero-order chi connectivity index (χ0) is 12.0. The molecule has 5 heteroatoms. The summed E-state index contributed by atoms with van der Waals surface area (Å²) < 4.78 is 1.54. The molecule has 1 fully saturated rings. The molecule has 1 amide bonds. The maximum Gasteiger partial charge on any atom is 0.220 e. The smallest absolute Gasteiger partial charge is 0.220 e. The molecule has 0 bridgehead atoms. The molecule has 0 aromatic heterocycles. The first-order valence-corrected chi connectivity index (χ1v) is 8.63.